The molecular formula is C28H24ClFN2O3S. The van der Waals surface area contributed by atoms with E-state index in [1.165, 1.54) is 24.3 Å². The van der Waals surface area contributed by atoms with Gasteiger partial charge in [-0.25, -0.2) is 12.8 Å². The second kappa shape index (κ2) is 10.9. The summed E-state index contributed by atoms with van der Waals surface area (Å²) in [6, 6.07) is 27.9. The quantitative estimate of drug-likeness (QED) is 0.314. The van der Waals surface area contributed by atoms with E-state index in [1.807, 2.05) is 61.5 Å². The van der Waals surface area contributed by atoms with Gasteiger partial charge in [0.15, 0.2) is 0 Å². The van der Waals surface area contributed by atoms with Gasteiger partial charge < -0.3 is 5.32 Å². The lowest BCUT2D eigenvalue weighted by molar-refractivity contribution is -0.120. The van der Waals surface area contributed by atoms with Crippen LogP contribution in [0.1, 0.15) is 22.7 Å². The fourth-order valence-corrected chi connectivity index (χ4v) is 5.47. The minimum absolute atomic E-state index is 0.00320. The van der Waals surface area contributed by atoms with E-state index in [-0.39, 0.29) is 15.6 Å². The normalized spacial score (nSPS) is 12.1. The van der Waals surface area contributed by atoms with E-state index in [0.29, 0.717) is 0 Å². The van der Waals surface area contributed by atoms with Crippen molar-refractivity contribution in [2.45, 2.75) is 17.9 Å². The van der Waals surface area contributed by atoms with Crippen LogP contribution in [-0.4, -0.2) is 20.9 Å². The van der Waals surface area contributed by atoms with Gasteiger partial charge in [0.2, 0.25) is 5.91 Å². The number of amides is 1. The Hall–Kier alpha value is -3.68. The van der Waals surface area contributed by atoms with Gasteiger partial charge in [-0.3, -0.25) is 9.10 Å². The average Bonchev–Trinajstić information content (AvgIpc) is 2.88. The molecule has 1 unspecified atom stereocenters. The lowest BCUT2D eigenvalue weighted by Gasteiger charge is -2.26. The highest BCUT2D eigenvalue weighted by atomic mass is 35.5. The van der Waals surface area contributed by atoms with Crippen LogP contribution in [0.3, 0.4) is 0 Å². The topological polar surface area (TPSA) is 66.5 Å². The number of benzene rings is 4. The zero-order valence-electron chi connectivity index (χ0n) is 19.4. The van der Waals surface area contributed by atoms with Crippen LogP contribution in [0.2, 0.25) is 5.02 Å². The molecule has 1 amide bonds. The van der Waals surface area contributed by atoms with E-state index < -0.39 is 34.3 Å². The summed E-state index contributed by atoms with van der Waals surface area (Å²) in [5, 5.41) is 2.73. The number of carbonyl (C=O) groups excluding carboxylic acids is 1. The largest absolute Gasteiger partial charge is 0.344 e. The molecule has 0 fully saturated rings. The van der Waals surface area contributed by atoms with Crippen molar-refractivity contribution in [3.63, 3.8) is 0 Å². The van der Waals surface area contributed by atoms with E-state index in [1.54, 1.807) is 18.2 Å². The van der Waals surface area contributed by atoms with E-state index in [0.717, 1.165) is 27.1 Å². The summed E-state index contributed by atoms with van der Waals surface area (Å²) in [4.78, 5) is 13.4. The Balaban J connectivity index is 1.70. The number of aryl methyl sites for hydroxylation is 1. The lowest BCUT2D eigenvalue weighted by Crippen LogP contribution is -2.42. The van der Waals surface area contributed by atoms with Crippen molar-refractivity contribution in [2.75, 3.05) is 10.8 Å². The molecule has 0 saturated carbocycles. The highest BCUT2D eigenvalue weighted by Gasteiger charge is 2.29. The molecule has 8 heteroatoms. The number of carbonyl (C=O) groups is 1. The third kappa shape index (κ3) is 5.75. The van der Waals surface area contributed by atoms with E-state index in [4.69, 9.17) is 11.6 Å². The molecule has 4 aromatic rings. The van der Waals surface area contributed by atoms with Gasteiger partial charge in [-0.15, -0.1) is 0 Å². The highest BCUT2D eigenvalue weighted by Crippen LogP contribution is 2.28. The second-order valence-corrected chi connectivity index (χ2v) is 10.5. The zero-order valence-corrected chi connectivity index (χ0v) is 21.0. The van der Waals surface area contributed by atoms with Crippen molar-refractivity contribution in [1.29, 1.82) is 0 Å². The van der Waals surface area contributed by atoms with Crippen molar-refractivity contribution in [1.82, 2.24) is 5.32 Å². The summed E-state index contributed by atoms with van der Waals surface area (Å²) < 4.78 is 41.9. The number of halogens is 2. The first kappa shape index (κ1) is 25.4. The van der Waals surface area contributed by atoms with Gasteiger partial charge in [-0.2, -0.15) is 0 Å². The molecule has 0 aliphatic carbocycles. The molecule has 4 rings (SSSR count). The first-order chi connectivity index (χ1) is 17.3. The van der Waals surface area contributed by atoms with Crippen molar-refractivity contribution in [3.05, 3.63) is 131 Å². The molecule has 184 valence electrons. The van der Waals surface area contributed by atoms with Gasteiger partial charge in [0.1, 0.15) is 12.4 Å². The molecule has 5 nitrogen and oxygen atoms in total. The van der Waals surface area contributed by atoms with Crippen LogP contribution in [0.4, 0.5) is 10.1 Å². The summed E-state index contributed by atoms with van der Waals surface area (Å²) in [6.45, 7) is 1.42. The minimum Gasteiger partial charge on any atom is -0.344 e. The molecule has 1 atom stereocenters. The van der Waals surface area contributed by atoms with Crippen molar-refractivity contribution >= 4 is 33.2 Å². The molecule has 0 bridgehead atoms. The van der Waals surface area contributed by atoms with Crippen LogP contribution in [0.5, 0.6) is 0 Å². The maximum atomic E-state index is 13.8. The van der Waals surface area contributed by atoms with Crippen LogP contribution >= 0.6 is 11.6 Å². The van der Waals surface area contributed by atoms with Gasteiger partial charge in [0.25, 0.3) is 10.0 Å². The Labute approximate surface area is 215 Å². The first-order valence-corrected chi connectivity index (χ1v) is 13.0. The summed E-state index contributed by atoms with van der Waals surface area (Å²) in [7, 11) is -4.16. The van der Waals surface area contributed by atoms with Crippen LogP contribution in [0.15, 0.2) is 108 Å². The summed E-state index contributed by atoms with van der Waals surface area (Å²) in [5.41, 5.74) is 2.81. The number of nitrogens with zero attached hydrogens (tertiary/aromatic N) is 1. The molecule has 0 heterocycles. The van der Waals surface area contributed by atoms with Crippen LogP contribution in [-0.2, 0) is 14.8 Å². The predicted octanol–water partition coefficient (Wildman–Crippen LogP) is 5.89. The van der Waals surface area contributed by atoms with Crippen LogP contribution in [0, 0.1) is 12.7 Å². The molecule has 0 spiro atoms. The zero-order chi connectivity index (χ0) is 25.7. The molecular weight excluding hydrogens is 499 g/mol. The number of hydrogen-bond donors (Lipinski definition) is 1. The molecule has 0 radical (unpaired) electrons. The Morgan fingerprint density at radius 2 is 1.53 bits per heavy atom. The van der Waals surface area contributed by atoms with E-state index in [2.05, 4.69) is 5.32 Å². The third-order valence-electron chi connectivity index (χ3n) is 5.62. The van der Waals surface area contributed by atoms with E-state index >= 15 is 0 Å². The lowest BCUT2D eigenvalue weighted by atomic mass is 9.97. The summed E-state index contributed by atoms with van der Waals surface area (Å²) >= 11 is 5.95. The fraction of sp³-hybridized carbons (Fsp3) is 0.107. The number of sulfonamides is 1. The number of rotatable bonds is 8. The molecule has 1 N–H and O–H groups in total. The standard InChI is InChI=1S/C28H24ClFN2O3S/c1-20-9-8-12-22(17-20)28(21-10-4-2-5-11-21)31-27(33)19-32(23-15-16-26(30)25(29)18-23)36(34,35)24-13-6-3-7-14-24/h2-18,28H,19H2,1H3,(H,31,33). The second-order valence-electron chi connectivity index (χ2n) is 8.25. The maximum Gasteiger partial charge on any atom is 0.264 e. The Morgan fingerprint density at radius 3 is 2.17 bits per heavy atom. The van der Waals surface area contributed by atoms with Crippen molar-refractivity contribution in [3.8, 4) is 0 Å². The molecule has 4 aromatic carbocycles. The van der Waals surface area contributed by atoms with Crippen molar-refractivity contribution < 1.29 is 17.6 Å². The number of hydrogen-bond acceptors (Lipinski definition) is 3. The third-order valence-corrected chi connectivity index (χ3v) is 7.70. The van der Waals surface area contributed by atoms with Crippen molar-refractivity contribution in [2.24, 2.45) is 0 Å². The van der Waals surface area contributed by atoms with Gasteiger partial charge in [-0.05, 0) is 48.4 Å². The van der Waals surface area contributed by atoms with E-state index in [9.17, 15) is 17.6 Å². The minimum atomic E-state index is -4.16. The predicted molar refractivity (Wildman–Crippen MR) is 140 cm³/mol. The number of nitrogens with one attached hydrogen (secondary N) is 1. The highest BCUT2D eigenvalue weighted by molar-refractivity contribution is 7.92. The first-order valence-electron chi connectivity index (χ1n) is 11.2. The molecule has 0 saturated heterocycles. The molecule has 0 aliphatic heterocycles. The van der Waals surface area contributed by atoms with Gasteiger partial charge in [0, 0.05) is 0 Å². The van der Waals surface area contributed by atoms with Gasteiger partial charge in [-0.1, -0.05) is 90.0 Å². The van der Waals surface area contributed by atoms with Gasteiger partial charge in [0.05, 0.1) is 21.6 Å². The van der Waals surface area contributed by atoms with Gasteiger partial charge >= 0.3 is 0 Å². The smallest absolute Gasteiger partial charge is 0.264 e. The average molecular weight is 523 g/mol. The van der Waals surface area contributed by atoms with Crippen LogP contribution < -0.4 is 9.62 Å². The molecule has 36 heavy (non-hydrogen) atoms. The molecule has 0 aliphatic rings. The Kier molecular flexibility index (Phi) is 7.72. The maximum absolute atomic E-state index is 13.8. The molecule has 0 aromatic heterocycles. The summed E-state index contributed by atoms with van der Waals surface area (Å²) in [5.74, 6) is -1.23. The summed E-state index contributed by atoms with van der Waals surface area (Å²) in [6.07, 6.45) is 0. The van der Waals surface area contributed by atoms with Crippen LogP contribution in [0.25, 0.3) is 0 Å². The monoisotopic (exact) mass is 522 g/mol. The Bertz CT molecular complexity index is 1460. The Morgan fingerprint density at radius 1 is 0.889 bits per heavy atom. The fourth-order valence-electron chi connectivity index (χ4n) is 3.87. The SMILES string of the molecule is Cc1cccc(C(NC(=O)CN(c2ccc(F)c(Cl)c2)S(=O)(=O)c2ccccc2)c2ccccc2)c1. The number of anilines is 1.